The molecule has 1 rings (SSSR count). The van der Waals surface area contributed by atoms with Crippen LogP contribution in [0.2, 0.25) is 0 Å². The van der Waals surface area contributed by atoms with Crippen molar-refractivity contribution in [3.05, 3.63) is 0 Å². The topological polar surface area (TPSA) is 65.1 Å². The number of likely N-dealkylation sites (N-methyl/N-ethyl adjacent to an activating group) is 1. The first-order valence-electron chi connectivity index (χ1n) is 6.63. The monoisotopic (exact) mass is 242 g/mol. The molecule has 0 aromatic rings. The van der Waals surface area contributed by atoms with E-state index >= 15 is 0 Å². The van der Waals surface area contributed by atoms with E-state index in [9.17, 15) is 0 Å². The van der Waals surface area contributed by atoms with Crippen molar-refractivity contribution >= 4 is 5.84 Å². The van der Waals surface area contributed by atoms with Crippen LogP contribution in [0.1, 0.15) is 26.7 Å². The molecule has 1 unspecified atom stereocenters. The van der Waals surface area contributed by atoms with Gasteiger partial charge in [0.05, 0.1) is 0 Å². The van der Waals surface area contributed by atoms with Crippen LogP contribution in [0.4, 0.5) is 0 Å². The molecule has 0 radical (unpaired) electrons. The van der Waals surface area contributed by atoms with Crippen LogP contribution in [0.15, 0.2) is 5.16 Å². The number of oxime groups is 1. The zero-order valence-electron chi connectivity index (χ0n) is 11.1. The van der Waals surface area contributed by atoms with Gasteiger partial charge >= 0.3 is 0 Å². The number of hydrogen-bond acceptors (Lipinski definition) is 4. The highest BCUT2D eigenvalue weighted by molar-refractivity contribution is 5.82. The lowest BCUT2D eigenvalue weighted by Gasteiger charge is -2.33. The quantitative estimate of drug-likeness (QED) is 0.313. The highest BCUT2D eigenvalue weighted by Crippen LogP contribution is 2.16. The van der Waals surface area contributed by atoms with E-state index in [2.05, 4.69) is 28.8 Å². The summed E-state index contributed by atoms with van der Waals surface area (Å²) in [6.45, 7) is 10.8. The Morgan fingerprint density at radius 1 is 1.47 bits per heavy atom. The molecule has 0 amide bonds. The van der Waals surface area contributed by atoms with Crippen molar-refractivity contribution in [3.63, 3.8) is 0 Å². The van der Waals surface area contributed by atoms with Crippen LogP contribution in [0.3, 0.4) is 0 Å². The number of amidine groups is 1. The molecular formula is C12H26N4O. The first-order valence-corrected chi connectivity index (χ1v) is 6.63. The summed E-state index contributed by atoms with van der Waals surface area (Å²) in [5.74, 6) is 0.614. The van der Waals surface area contributed by atoms with Gasteiger partial charge in [0.25, 0.3) is 0 Å². The van der Waals surface area contributed by atoms with E-state index < -0.39 is 0 Å². The molecule has 0 spiro atoms. The summed E-state index contributed by atoms with van der Waals surface area (Å²) in [6, 6.07) is 0. The van der Waals surface area contributed by atoms with Gasteiger partial charge in [-0.05, 0) is 32.5 Å². The van der Waals surface area contributed by atoms with E-state index in [0.29, 0.717) is 5.84 Å². The summed E-state index contributed by atoms with van der Waals surface area (Å²) < 4.78 is 0. The van der Waals surface area contributed by atoms with Crippen molar-refractivity contribution in [1.29, 1.82) is 0 Å². The molecule has 1 fully saturated rings. The zero-order valence-corrected chi connectivity index (χ0v) is 11.1. The highest BCUT2D eigenvalue weighted by atomic mass is 16.4. The molecule has 0 saturated carbocycles. The van der Waals surface area contributed by atoms with E-state index in [-0.39, 0.29) is 5.92 Å². The van der Waals surface area contributed by atoms with Crippen molar-refractivity contribution < 1.29 is 5.21 Å². The van der Waals surface area contributed by atoms with E-state index in [1.54, 1.807) is 0 Å². The zero-order chi connectivity index (χ0) is 12.7. The molecule has 0 bridgehead atoms. The number of piperidine rings is 1. The Bertz CT molecular complexity index is 241. The van der Waals surface area contributed by atoms with Crippen molar-refractivity contribution in [2.24, 2.45) is 16.8 Å². The van der Waals surface area contributed by atoms with Crippen molar-refractivity contribution in [2.75, 3.05) is 39.3 Å². The second-order valence-electron chi connectivity index (χ2n) is 4.69. The van der Waals surface area contributed by atoms with Gasteiger partial charge in [-0.1, -0.05) is 19.0 Å². The van der Waals surface area contributed by atoms with E-state index in [0.717, 1.165) is 52.1 Å². The molecule has 1 saturated heterocycles. The van der Waals surface area contributed by atoms with Crippen molar-refractivity contribution in [3.8, 4) is 0 Å². The predicted molar refractivity (Wildman–Crippen MR) is 70.4 cm³/mol. The SMILES string of the molecule is CCN(CC)CCN1CCCC(C(N)=NO)C1. The summed E-state index contributed by atoms with van der Waals surface area (Å²) in [5.41, 5.74) is 5.68. The Kier molecular flexibility index (Phi) is 6.29. The minimum absolute atomic E-state index is 0.227. The highest BCUT2D eigenvalue weighted by Gasteiger charge is 2.22. The van der Waals surface area contributed by atoms with Crippen LogP contribution in [-0.4, -0.2) is 60.1 Å². The summed E-state index contributed by atoms with van der Waals surface area (Å²) in [7, 11) is 0. The third kappa shape index (κ3) is 4.52. The molecule has 1 aliphatic rings. The largest absolute Gasteiger partial charge is 0.409 e. The Hall–Kier alpha value is -0.810. The third-order valence-corrected chi connectivity index (χ3v) is 3.67. The van der Waals surface area contributed by atoms with E-state index in [4.69, 9.17) is 10.9 Å². The van der Waals surface area contributed by atoms with Crippen LogP contribution >= 0.6 is 0 Å². The molecule has 1 atom stereocenters. The molecule has 0 aromatic heterocycles. The Labute approximate surface area is 104 Å². The van der Waals surface area contributed by atoms with Crippen LogP contribution < -0.4 is 5.73 Å². The standard InChI is InChI=1S/C12H26N4O/c1-3-15(4-2)8-9-16-7-5-6-11(10-16)12(13)14-17/h11,17H,3-10H2,1-2H3,(H2,13,14). The molecule has 1 aliphatic heterocycles. The maximum atomic E-state index is 8.70. The fourth-order valence-corrected chi connectivity index (χ4v) is 2.40. The van der Waals surface area contributed by atoms with Crippen LogP contribution in [0, 0.1) is 5.92 Å². The molecule has 5 nitrogen and oxygen atoms in total. The van der Waals surface area contributed by atoms with E-state index in [1.165, 1.54) is 0 Å². The maximum absolute atomic E-state index is 8.70. The number of nitrogens with zero attached hydrogens (tertiary/aromatic N) is 3. The molecule has 5 heteroatoms. The lowest BCUT2D eigenvalue weighted by atomic mass is 9.97. The number of rotatable bonds is 6. The molecule has 100 valence electrons. The fraction of sp³-hybridized carbons (Fsp3) is 0.917. The molecule has 17 heavy (non-hydrogen) atoms. The number of nitrogens with two attached hydrogens (primary N) is 1. The van der Waals surface area contributed by atoms with Gasteiger partial charge in [0.15, 0.2) is 0 Å². The van der Waals surface area contributed by atoms with E-state index in [1.807, 2.05) is 0 Å². The summed E-state index contributed by atoms with van der Waals surface area (Å²) in [5, 5.41) is 11.8. The summed E-state index contributed by atoms with van der Waals surface area (Å²) in [6.07, 6.45) is 2.18. The van der Waals surface area contributed by atoms with Gasteiger partial charge in [0.1, 0.15) is 5.84 Å². The molecule has 0 aromatic carbocycles. The molecule has 3 N–H and O–H groups in total. The van der Waals surface area contributed by atoms with Crippen molar-refractivity contribution in [2.45, 2.75) is 26.7 Å². The Morgan fingerprint density at radius 3 is 2.76 bits per heavy atom. The van der Waals surface area contributed by atoms with Crippen LogP contribution in [-0.2, 0) is 0 Å². The number of hydrogen-bond donors (Lipinski definition) is 2. The maximum Gasteiger partial charge on any atom is 0.143 e. The van der Waals surface area contributed by atoms with Gasteiger partial charge in [-0.15, -0.1) is 0 Å². The normalized spacial score (nSPS) is 23.2. The fourth-order valence-electron chi connectivity index (χ4n) is 2.40. The molecular weight excluding hydrogens is 216 g/mol. The van der Waals surface area contributed by atoms with Gasteiger partial charge in [0.2, 0.25) is 0 Å². The van der Waals surface area contributed by atoms with Crippen LogP contribution in [0.25, 0.3) is 0 Å². The first kappa shape index (κ1) is 14.3. The Balaban J connectivity index is 2.34. The van der Waals surface area contributed by atoms with Gasteiger partial charge < -0.3 is 20.7 Å². The van der Waals surface area contributed by atoms with Crippen LogP contribution in [0.5, 0.6) is 0 Å². The molecule has 0 aliphatic carbocycles. The average Bonchev–Trinajstić information content (AvgIpc) is 2.39. The second-order valence-corrected chi connectivity index (χ2v) is 4.69. The average molecular weight is 242 g/mol. The third-order valence-electron chi connectivity index (χ3n) is 3.67. The lowest BCUT2D eigenvalue weighted by Crippen LogP contribution is -2.44. The van der Waals surface area contributed by atoms with Crippen molar-refractivity contribution in [1.82, 2.24) is 9.80 Å². The van der Waals surface area contributed by atoms with Gasteiger partial charge in [-0.3, -0.25) is 0 Å². The second kappa shape index (κ2) is 7.50. The summed E-state index contributed by atoms with van der Waals surface area (Å²) in [4.78, 5) is 4.84. The lowest BCUT2D eigenvalue weighted by molar-refractivity contribution is 0.170. The van der Waals surface area contributed by atoms with Gasteiger partial charge in [-0.2, -0.15) is 0 Å². The minimum atomic E-state index is 0.227. The first-order chi connectivity index (χ1) is 8.21. The van der Waals surface area contributed by atoms with Gasteiger partial charge in [0, 0.05) is 25.6 Å². The Morgan fingerprint density at radius 2 is 2.18 bits per heavy atom. The minimum Gasteiger partial charge on any atom is -0.409 e. The van der Waals surface area contributed by atoms with Gasteiger partial charge in [-0.25, -0.2) is 0 Å². The predicted octanol–water partition coefficient (Wildman–Crippen LogP) is 0.787. The number of likely N-dealkylation sites (tertiary alicyclic amines) is 1. The molecule has 1 heterocycles. The smallest absolute Gasteiger partial charge is 0.143 e. The summed E-state index contributed by atoms with van der Waals surface area (Å²) >= 11 is 0.